The number of hydrogen-bond donors (Lipinski definition) is 1. The van der Waals surface area contributed by atoms with E-state index in [0.717, 1.165) is 18.1 Å². The van der Waals surface area contributed by atoms with Crippen LogP contribution in [0, 0.1) is 11.3 Å². The first-order valence-corrected chi connectivity index (χ1v) is 9.24. The molecule has 5 heteroatoms. The van der Waals surface area contributed by atoms with Gasteiger partial charge in [-0.15, -0.1) is 0 Å². The molecule has 3 rings (SSSR count). The monoisotopic (exact) mass is 350 g/mol. The minimum absolute atomic E-state index is 0.0902. The molecule has 24 heavy (non-hydrogen) atoms. The fourth-order valence-electron chi connectivity index (χ4n) is 3.90. The summed E-state index contributed by atoms with van der Waals surface area (Å²) in [5, 5.41) is 3.90. The lowest BCUT2D eigenvalue weighted by Gasteiger charge is -2.23. The first-order chi connectivity index (χ1) is 11.5. The summed E-state index contributed by atoms with van der Waals surface area (Å²) >= 11 is 6.21. The van der Waals surface area contributed by atoms with E-state index in [9.17, 15) is 4.79 Å². The highest BCUT2D eigenvalue weighted by Gasteiger charge is 2.52. The highest BCUT2D eigenvalue weighted by atomic mass is 35.5. The highest BCUT2D eigenvalue weighted by Crippen LogP contribution is 2.60. The van der Waals surface area contributed by atoms with Gasteiger partial charge in [0.2, 0.25) is 0 Å². The Balaban J connectivity index is 1.42. The summed E-state index contributed by atoms with van der Waals surface area (Å²) in [6, 6.07) is 5.31. The molecule has 1 spiro atoms. The van der Waals surface area contributed by atoms with Crippen LogP contribution < -0.4 is 10.1 Å². The highest BCUT2D eigenvalue weighted by molar-refractivity contribution is 6.34. The molecule has 0 aromatic heterocycles. The molecule has 1 atom stereocenters. The van der Waals surface area contributed by atoms with E-state index in [-0.39, 0.29) is 5.91 Å². The Bertz CT molecular complexity index is 597. The van der Waals surface area contributed by atoms with Crippen molar-refractivity contribution >= 4 is 17.5 Å². The van der Waals surface area contributed by atoms with Crippen LogP contribution in [0.4, 0.5) is 0 Å². The number of halogens is 1. The first-order valence-electron chi connectivity index (χ1n) is 8.86. The molecule has 1 amide bonds. The minimum Gasteiger partial charge on any atom is -0.494 e. The third-order valence-electron chi connectivity index (χ3n) is 5.50. The van der Waals surface area contributed by atoms with Crippen LogP contribution in [-0.2, 0) is 0 Å². The molecule has 0 bridgehead atoms. The second-order valence-electron chi connectivity index (χ2n) is 7.35. The number of nitrogens with zero attached hydrogens (tertiary/aromatic N) is 1. The fourth-order valence-corrected chi connectivity index (χ4v) is 4.15. The van der Waals surface area contributed by atoms with Gasteiger partial charge in [0, 0.05) is 14.1 Å². The Morgan fingerprint density at radius 3 is 2.79 bits per heavy atom. The molecule has 1 aliphatic carbocycles. The van der Waals surface area contributed by atoms with E-state index in [1.54, 1.807) is 26.2 Å². The summed E-state index contributed by atoms with van der Waals surface area (Å²) in [6.45, 7) is 3.08. The molecule has 1 N–H and O–H groups in total. The molecule has 1 saturated heterocycles. The number of nitrogens with one attached hydrogen (secondary N) is 1. The molecule has 1 saturated carbocycles. The average Bonchev–Trinajstić information content (AvgIpc) is 3.23. The lowest BCUT2D eigenvalue weighted by Crippen LogP contribution is -2.29. The Morgan fingerprint density at radius 2 is 2.12 bits per heavy atom. The second kappa shape index (κ2) is 7.32. The minimum atomic E-state index is -0.0902. The zero-order valence-electron chi connectivity index (χ0n) is 14.6. The van der Waals surface area contributed by atoms with E-state index in [0.29, 0.717) is 22.6 Å². The van der Waals surface area contributed by atoms with Gasteiger partial charge < -0.3 is 15.0 Å². The maximum Gasteiger partial charge on any atom is 0.254 e. The number of benzene rings is 1. The van der Waals surface area contributed by atoms with E-state index in [1.807, 2.05) is 6.07 Å². The van der Waals surface area contributed by atoms with Gasteiger partial charge in [0.05, 0.1) is 17.2 Å². The topological polar surface area (TPSA) is 41.6 Å². The van der Waals surface area contributed by atoms with Crippen LogP contribution in [0.3, 0.4) is 0 Å². The van der Waals surface area contributed by atoms with Gasteiger partial charge in [-0.1, -0.05) is 11.6 Å². The predicted octanol–water partition coefficient (Wildman–Crippen LogP) is 3.59. The van der Waals surface area contributed by atoms with Crippen LogP contribution >= 0.6 is 11.6 Å². The van der Waals surface area contributed by atoms with Crippen molar-refractivity contribution in [1.29, 1.82) is 0 Å². The standard InChI is InChI=1S/C19H27ClN2O2/c1-22(2)18(23)16-6-5-15(12-17(16)20)24-11-3-4-14-13-19(14)7-9-21-10-8-19/h5-6,12,14,21H,3-4,7-11,13H2,1-2H3/t14-/m0/s1. The third-order valence-corrected chi connectivity index (χ3v) is 5.81. The number of carbonyl (C=O) groups is 1. The van der Waals surface area contributed by atoms with Gasteiger partial charge in [-0.25, -0.2) is 0 Å². The average molecular weight is 351 g/mol. The zero-order valence-corrected chi connectivity index (χ0v) is 15.4. The number of amides is 1. The van der Waals surface area contributed by atoms with Crippen LogP contribution in [0.25, 0.3) is 0 Å². The zero-order chi connectivity index (χ0) is 17.2. The Kier molecular flexibility index (Phi) is 5.36. The Morgan fingerprint density at radius 1 is 1.38 bits per heavy atom. The van der Waals surface area contributed by atoms with Gasteiger partial charge in [0.15, 0.2) is 0 Å². The van der Waals surface area contributed by atoms with E-state index in [4.69, 9.17) is 16.3 Å². The quantitative estimate of drug-likeness (QED) is 0.797. The van der Waals surface area contributed by atoms with Crippen LogP contribution in [0.5, 0.6) is 5.75 Å². The Labute approximate surface area is 149 Å². The fraction of sp³-hybridized carbons (Fsp3) is 0.632. The van der Waals surface area contributed by atoms with Crippen LogP contribution in [-0.4, -0.2) is 44.6 Å². The lowest BCUT2D eigenvalue weighted by molar-refractivity contribution is 0.0827. The smallest absolute Gasteiger partial charge is 0.254 e. The van der Waals surface area contributed by atoms with Crippen molar-refractivity contribution < 1.29 is 9.53 Å². The van der Waals surface area contributed by atoms with Crippen molar-refractivity contribution in [3.63, 3.8) is 0 Å². The number of ether oxygens (including phenoxy) is 1. The lowest BCUT2D eigenvalue weighted by atomic mass is 9.91. The van der Waals surface area contributed by atoms with Crippen LogP contribution in [0.1, 0.15) is 42.5 Å². The summed E-state index contributed by atoms with van der Waals surface area (Å²) in [6.07, 6.45) is 6.42. The second-order valence-corrected chi connectivity index (χ2v) is 7.75. The van der Waals surface area contributed by atoms with E-state index >= 15 is 0 Å². The summed E-state index contributed by atoms with van der Waals surface area (Å²) in [5.74, 6) is 1.54. The molecular weight excluding hydrogens is 324 g/mol. The number of hydrogen-bond acceptors (Lipinski definition) is 3. The maximum atomic E-state index is 12.0. The molecular formula is C19H27ClN2O2. The molecule has 1 aliphatic heterocycles. The molecule has 1 aromatic rings. The van der Waals surface area contributed by atoms with Gasteiger partial charge in [-0.05, 0) is 74.7 Å². The summed E-state index contributed by atoms with van der Waals surface area (Å²) < 4.78 is 5.81. The van der Waals surface area contributed by atoms with Crippen molar-refractivity contribution in [2.75, 3.05) is 33.8 Å². The third kappa shape index (κ3) is 3.86. The van der Waals surface area contributed by atoms with Gasteiger partial charge in [0.25, 0.3) is 5.91 Å². The first kappa shape index (κ1) is 17.6. The number of rotatable bonds is 6. The van der Waals surface area contributed by atoms with Gasteiger partial charge in [-0.2, -0.15) is 0 Å². The van der Waals surface area contributed by atoms with Crippen molar-refractivity contribution in [1.82, 2.24) is 10.2 Å². The molecule has 1 heterocycles. The van der Waals surface area contributed by atoms with Gasteiger partial charge in [-0.3, -0.25) is 4.79 Å². The Hall–Kier alpha value is -1.26. The molecule has 0 radical (unpaired) electrons. The van der Waals surface area contributed by atoms with Crippen molar-refractivity contribution in [3.05, 3.63) is 28.8 Å². The molecule has 4 nitrogen and oxygen atoms in total. The van der Waals surface area contributed by atoms with Crippen LogP contribution in [0.15, 0.2) is 18.2 Å². The SMILES string of the molecule is CN(C)C(=O)c1ccc(OCCC[C@H]2CC23CCNCC3)cc1Cl. The van der Waals surface area contributed by atoms with E-state index in [1.165, 1.54) is 43.7 Å². The normalized spacial score (nSPS) is 21.5. The summed E-state index contributed by atoms with van der Waals surface area (Å²) in [7, 11) is 3.44. The van der Waals surface area contributed by atoms with Crippen molar-refractivity contribution in [2.24, 2.45) is 11.3 Å². The summed E-state index contributed by atoms with van der Waals surface area (Å²) in [5.41, 5.74) is 1.17. The maximum absolute atomic E-state index is 12.0. The van der Waals surface area contributed by atoms with E-state index < -0.39 is 0 Å². The van der Waals surface area contributed by atoms with Gasteiger partial charge >= 0.3 is 0 Å². The van der Waals surface area contributed by atoms with Crippen molar-refractivity contribution in [3.8, 4) is 5.75 Å². The molecule has 0 unspecified atom stereocenters. The van der Waals surface area contributed by atoms with Gasteiger partial charge in [0.1, 0.15) is 5.75 Å². The number of carbonyl (C=O) groups excluding carboxylic acids is 1. The van der Waals surface area contributed by atoms with Crippen molar-refractivity contribution in [2.45, 2.75) is 32.1 Å². The number of piperidine rings is 1. The largest absolute Gasteiger partial charge is 0.494 e. The molecule has 2 aliphatic rings. The van der Waals surface area contributed by atoms with E-state index in [2.05, 4.69) is 5.32 Å². The molecule has 132 valence electrons. The molecule has 1 aromatic carbocycles. The summed E-state index contributed by atoms with van der Waals surface area (Å²) in [4.78, 5) is 13.5. The predicted molar refractivity (Wildman–Crippen MR) is 96.8 cm³/mol. The van der Waals surface area contributed by atoms with Crippen LogP contribution in [0.2, 0.25) is 5.02 Å². The molecule has 2 fully saturated rings.